The predicted octanol–water partition coefficient (Wildman–Crippen LogP) is 1.97. The van der Waals surface area contributed by atoms with E-state index in [0.29, 0.717) is 14.8 Å². The molecule has 1 aliphatic rings. The Kier molecular flexibility index (Phi) is 3.76. The van der Waals surface area contributed by atoms with Crippen molar-refractivity contribution in [3.05, 3.63) is 56.8 Å². The van der Waals surface area contributed by atoms with Crippen LogP contribution in [0.2, 0.25) is 0 Å². The van der Waals surface area contributed by atoms with Crippen molar-refractivity contribution in [2.75, 3.05) is 0 Å². The van der Waals surface area contributed by atoms with Crippen LogP contribution in [0.15, 0.2) is 40.0 Å². The number of aromatic nitrogens is 2. The van der Waals surface area contributed by atoms with Crippen molar-refractivity contribution >= 4 is 40.3 Å². The Morgan fingerprint density at radius 2 is 1.91 bits per heavy atom. The van der Waals surface area contributed by atoms with Crippen molar-refractivity contribution in [3.63, 3.8) is 0 Å². The number of hydrogen-bond donors (Lipinski definition) is 1. The highest BCUT2D eigenvalue weighted by Gasteiger charge is 2.24. The third kappa shape index (κ3) is 2.42. The van der Waals surface area contributed by atoms with E-state index < -0.39 is 0 Å². The van der Waals surface area contributed by atoms with E-state index in [-0.39, 0.29) is 11.5 Å². The lowest BCUT2D eigenvalue weighted by Gasteiger charge is -2.07. The molecular formula is C15H13N3O2S2. The number of carbonyl (C=O) groups is 1. The summed E-state index contributed by atoms with van der Waals surface area (Å²) in [5, 5.41) is 2.55. The van der Waals surface area contributed by atoms with E-state index in [1.807, 2.05) is 44.3 Å². The molecule has 5 nitrogen and oxygen atoms in total. The zero-order valence-electron chi connectivity index (χ0n) is 12.0. The summed E-state index contributed by atoms with van der Waals surface area (Å²) in [5.41, 5.74) is 1.90. The van der Waals surface area contributed by atoms with Crippen LogP contribution in [0.25, 0.3) is 11.8 Å². The van der Waals surface area contributed by atoms with Crippen LogP contribution in [0.5, 0.6) is 0 Å². The largest absolute Gasteiger partial charge is 0.307 e. The Morgan fingerprint density at radius 1 is 1.23 bits per heavy atom. The minimum absolute atomic E-state index is 0.162. The first kappa shape index (κ1) is 14.8. The minimum atomic E-state index is -0.260. The quantitative estimate of drug-likeness (QED) is 0.675. The van der Waals surface area contributed by atoms with Crippen LogP contribution in [-0.4, -0.2) is 19.6 Å². The van der Waals surface area contributed by atoms with Crippen LogP contribution < -0.4 is 10.9 Å². The van der Waals surface area contributed by atoms with Gasteiger partial charge in [-0.2, -0.15) is 0 Å². The molecular weight excluding hydrogens is 318 g/mol. The van der Waals surface area contributed by atoms with Crippen molar-refractivity contribution in [3.8, 4) is 5.69 Å². The number of thioether (sulfide) groups is 1. The number of carbonyl (C=O) groups excluding carboxylic acids is 1. The number of nitrogens with zero attached hydrogens (tertiary/aromatic N) is 2. The highest BCUT2D eigenvalue weighted by molar-refractivity contribution is 8.26. The number of hydrogen-bond acceptors (Lipinski definition) is 4. The number of para-hydroxylation sites is 1. The number of amides is 1. The Bertz CT molecular complexity index is 863. The Morgan fingerprint density at radius 3 is 2.50 bits per heavy atom. The molecule has 3 rings (SSSR count). The smallest absolute Gasteiger partial charge is 0.278 e. The molecule has 2 heterocycles. The van der Waals surface area contributed by atoms with Crippen LogP contribution in [0.1, 0.15) is 11.3 Å². The maximum atomic E-state index is 12.7. The van der Waals surface area contributed by atoms with E-state index in [2.05, 4.69) is 5.32 Å². The van der Waals surface area contributed by atoms with Gasteiger partial charge >= 0.3 is 0 Å². The molecule has 0 aliphatic carbocycles. The van der Waals surface area contributed by atoms with Crippen molar-refractivity contribution in [2.45, 2.75) is 6.92 Å². The molecule has 1 aromatic carbocycles. The average molecular weight is 331 g/mol. The fraction of sp³-hybridized carbons (Fsp3) is 0.133. The second kappa shape index (κ2) is 5.58. The van der Waals surface area contributed by atoms with E-state index in [9.17, 15) is 9.59 Å². The fourth-order valence-corrected chi connectivity index (χ4v) is 3.33. The normalized spacial score (nSPS) is 16.4. The summed E-state index contributed by atoms with van der Waals surface area (Å²) in [6.07, 6.45) is 1.61. The van der Waals surface area contributed by atoms with Crippen molar-refractivity contribution < 1.29 is 4.79 Å². The summed E-state index contributed by atoms with van der Waals surface area (Å²) in [4.78, 5) is 24.9. The van der Waals surface area contributed by atoms with Gasteiger partial charge in [0.05, 0.1) is 16.2 Å². The lowest BCUT2D eigenvalue weighted by molar-refractivity contribution is -0.115. The summed E-state index contributed by atoms with van der Waals surface area (Å²) in [6.45, 7) is 1.85. The van der Waals surface area contributed by atoms with Gasteiger partial charge in [0.1, 0.15) is 4.32 Å². The first-order chi connectivity index (χ1) is 10.5. The molecule has 2 aromatic rings. The third-order valence-corrected chi connectivity index (χ3v) is 4.68. The molecule has 112 valence electrons. The maximum absolute atomic E-state index is 12.7. The summed E-state index contributed by atoms with van der Waals surface area (Å²) in [6, 6.07) is 9.38. The first-order valence-electron chi connectivity index (χ1n) is 6.58. The van der Waals surface area contributed by atoms with Gasteiger partial charge in [-0.1, -0.05) is 42.2 Å². The molecule has 1 amide bonds. The minimum Gasteiger partial charge on any atom is -0.307 e. The van der Waals surface area contributed by atoms with Gasteiger partial charge in [-0.15, -0.1) is 0 Å². The van der Waals surface area contributed by atoms with Gasteiger partial charge in [-0.25, -0.2) is 4.68 Å². The molecule has 1 saturated heterocycles. The fourth-order valence-electron chi connectivity index (χ4n) is 2.31. The van der Waals surface area contributed by atoms with Crippen LogP contribution in [0, 0.1) is 6.92 Å². The molecule has 0 unspecified atom stereocenters. The number of benzene rings is 1. The molecule has 0 saturated carbocycles. The Balaban J connectivity index is 2.16. The summed E-state index contributed by atoms with van der Waals surface area (Å²) in [5.74, 6) is -0.260. The van der Waals surface area contributed by atoms with E-state index >= 15 is 0 Å². The van der Waals surface area contributed by atoms with E-state index in [4.69, 9.17) is 12.2 Å². The second-order valence-electron chi connectivity index (χ2n) is 4.83. The van der Waals surface area contributed by atoms with Crippen LogP contribution in [0.3, 0.4) is 0 Å². The zero-order valence-corrected chi connectivity index (χ0v) is 13.6. The third-order valence-electron chi connectivity index (χ3n) is 3.52. The molecule has 0 atom stereocenters. The summed E-state index contributed by atoms with van der Waals surface area (Å²) >= 11 is 6.14. The number of thiocarbonyl (C=S) groups is 1. The molecule has 0 radical (unpaired) electrons. The predicted molar refractivity (Wildman–Crippen MR) is 92.1 cm³/mol. The topological polar surface area (TPSA) is 56.0 Å². The highest BCUT2D eigenvalue weighted by Crippen LogP contribution is 2.26. The van der Waals surface area contributed by atoms with Gasteiger partial charge in [0, 0.05) is 12.7 Å². The molecule has 0 bridgehead atoms. The summed E-state index contributed by atoms with van der Waals surface area (Å²) < 4.78 is 3.77. The number of rotatable bonds is 2. The monoisotopic (exact) mass is 331 g/mol. The maximum Gasteiger partial charge on any atom is 0.278 e. The van der Waals surface area contributed by atoms with Gasteiger partial charge in [-0.3, -0.25) is 14.3 Å². The van der Waals surface area contributed by atoms with Crippen LogP contribution >= 0.6 is 24.0 Å². The van der Waals surface area contributed by atoms with Gasteiger partial charge in [0.25, 0.3) is 11.5 Å². The van der Waals surface area contributed by atoms with E-state index in [1.165, 1.54) is 11.8 Å². The molecule has 0 spiro atoms. The van der Waals surface area contributed by atoms with Gasteiger partial charge in [0.15, 0.2) is 0 Å². The van der Waals surface area contributed by atoms with Crippen LogP contribution in [0.4, 0.5) is 0 Å². The highest BCUT2D eigenvalue weighted by atomic mass is 32.2. The lowest BCUT2D eigenvalue weighted by atomic mass is 10.2. The van der Waals surface area contributed by atoms with Crippen molar-refractivity contribution in [1.29, 1.82) is 0 Å². The lowest BCUT2D eigenvalue weighted by Crippen LogP contribution is -2.20. The van der Waals surface area contributed by atoms with Crippen molar-refractivity contribution in [2.24, 2.45) is 7.05 Å². The van der Waals surface area contributed by atoms with Gasteiger partial charge in [-0.05, 0) is 25.1 Å². The Hall–Kier alpha value is -2.12. The van der Waals surface area contributed by atoms with Gasteiger partial charge in [0.2, 0.25) is 0 Å². The number of nitrogens with one attached hydrogen (secondary N) is 1. The van der Waals surface area contributed by atoms with Crippen molar-refractivity contribution in [1.82, 2.24) is 14.7 Å². The Labute approximate surface area is 136 Å². The molecule has 1 aliphatic heterocycles. The first-order valence-corrected chi connectivity index (χ1v) is 7.80. The standard InChI is InChI=1S/C15H13N3O2S2/c1-9-11(8-12-13(19)16-15(21)22-12)14(20)18(17(9)2)10-6-4-3-5-7-10/h3-8H,1-2H3,(H,16,19,21)/b12-8+. The average Bonchev–Trinajstić information content (AvgIpc) is 2.92. The van der Waals surface area contributed by atoms with E-state index in [0.717, 1.165) is 11.4 Å². The van der Waals surface area contributed by atoms with Crippen LogP contribution in [-0.2, 0) is 11.8 Å². The summed E-state index contributed by atoms with van der Waals surface area (Å²) in [7, 11) is 1.82. The molecule has 1 fully saturated rings. The van der Waals surface area contributed by atoms with E-state index in [1.54, 1.807) is 15.4 Å². The molecule has 1 N–H and O–H groups in total. The second-order valence-corrected chi connectivity index (χ2v) is 6.55. The molecule has 22 heavy (non-hydrogen) atoms. The zero-order chi connectivity index (χ0) is 15.9. The molecule has 7 heteroatoms. The molecule has 1 aromatic heterocycles. The van der Waals surface area contributed by atoms with Gasteiger partial charge < -0.3 is 5.32 Å². The SMILES string of the molecule is Cc1c(/C=C2/SC(=S)NC2=O)c(=O)n(-c2ccccc2)n1C.